The van der Waals surface area contributed by atoms with Gasteiger partial charge in [0.05, 0.1) is 5.69 Å². The summed E-state index contributed by atoms with van der Waals surface area (Å²) in [6.07, 6.45) is 3.94. The number of benzene rings is 1. The van der Waals surface area contributed by atoms with Crippen molar-refractivity contribution >= 4 is 5.69 Å². The highest BCUT2D eigenvalue weighted by Gasteiger charge is 2.38. The van der Waals surface area contributed by atoms with Gasteiger partial charge in [0, 0.05) is 6.04 Å². The summed E-state index contributed by atoms with van der Waals surface area (Å²) in [4.78, 5) is 0. The molecule has 3 atom stereocenters. The summed E-state index contributed by atoms with van der Waals surface area (Å²) >= 11 is 0. The standard InChI is InChI=1S/C13H17NO/c1-8-9-4-2-5-10(9)11-6-3-7-12(15)13(11)14-8/h3,6-10,14-15H,2,4-5H2,1H3/t8-,9+,10+/m1/s1. The van der Waals surface area contributed by atoms with Gasteiger partial charge in [0.25, 0.3) is 0 Å². The molecule has 0 spiro atoms. The van der Waals surface area contributed by atoms with Gasteiger partial charge in [-0.25, -0.2) is 0 Å². The zero-order valence-corrected chi connectivity index (χ0v) is 9.03. The molecular weight excluding hydrogens is 186 g/mol. The van der Waals surface area contributed by atoms with Crippen molar-refractivity contribution in [2.75, 3.05) is 5.32 Å². The van der Waals surface area contributed by atoms with E-state index in [1.54, 1.807) is 6.07 Å². The molecule has 15 heavy (non-hydrogen) atoms. The summed E-state index contributed by atoms with van der Waals surface area (Å²) in [6, 6.07) is 6.39. The maximum Gasteiger partial charge on any atom is 0.138 e. The number of hydrogen-bond donors (Lipinski definition) is 2. The van der Waals surface area contributed by atoms with E-state index < -0.39 is 0 Å². The van der Waals surface area contributed by atoms with Crippen molar-refractivity contribution in [2.45, 2.75) is 38.1 Å². The van der Waals surface area contributed by atoms with Crippen LogP contribution >= 0.6 is 0 Å². The Balaban J connectivity index is 2.11. The Labute approximate surface area is 90.3 Å². The first-order valence-corrected chi connectivity index (χ1v) is 5.86. The van der Waals surface area contributed by atoms with Crippen molar-refractivity contribution in [3.05, 3.63) is 23.8 Å². The van der Waals surface area contributed by atoms with Crippen molar-refractivity contribution < 1.29 is 5.11 Å². The Morgan fingerprint density at radius 3 is 3.07 bits per heavy atom. The second kappa shape index (κ2) is 3.16. The fourth-order valence-corrected chi connectivity index (χ4v) is 3.33. The van der Waals surface area contributed by atoms with Crippen molar-refractivity contribution in [3.63, 3.8) is 0 Å². The molecule has 1 aliphatic carbocycles. The molecule has 0 amide bonds. The minimum atomic E-state index is 0.407. The van der Waals surface area contributed by atoms with Crippen molar-refractivity contribution in [1.29, 1.82) is 0 Å². The molecule has 1 saturated carbocycles. The highest BCUT2D eigenvalue weighted by molar-refractivity contribution is 5.65. The molecular formula is C13H17NO. The molecule has 1 aromatic rings. The van der Waals surface area contributed by atoms with Gasteiger partial charge in [0.1, 0.15) is 5.75 Å². The molecule has 2 nitrogen and oxygen atoms in total. The average Bonchev–Trinajstić information content (AvgIpc) is 2.69. The zero-order valence-electron chi connectivity index (χ0n) is 9.03. The smallest absolute Gasteiger partial charge is 0.138 e. The van der Waals surface area contributed by atoms with Crippen LogP contribution in [-0.2, 0) is 0 Å². The van der Waals surface area contributed by atoms with E-state index in [9.17, 15) is 5.11 Å². The summed E-state index contributed by atoms with van der Waals surface area (Å²) in [5.41, 5.74) is 2.31. The van der Waals surface area contributed by atoms with E-state index in [2.05, 4.69) is 18.3 Å². The van der Waals surface area contributed by atoms with Crippen LogP contribution in [0.5, 0.6) is 5.75 Å². The van der Waals surface area contributed by atoms with E-state index in [0.717, 1.165) is 11.6 Å². The van der Waals surface area contributed by atoms with Crippen LogP contribution in [0.15, 0.2) is 18.2 Å². The van der Waals surface area contributed by atoms with Crippen molar-refractivity contribution in [1.82, 2.24) is 0 Å². The van der Waals surface area contributed by atoms with Crippen LogP contribution in [0.3, 0.4) is 0 Å². The lowest BCUT2D eigenvalue weighted by Crippen LogP contribution is -2.32. The van der Waals surface area contributed by atoms with Gasteiger partial charge in [-0.3, -0.25) is 0 Å². The molecule has 1 aromatic carbocycles. The molecule has 0 aromatic heterocycles. The summed E-state index contributed by atoms with van der Waals surface area (Å²) in [5, 5.41) is 13.3. The average molecular weight is 203 g/mol. The van der Waals surface area contributed by atoms with Gasteiger partial charge >= 0.3 is 0 Å². The summed E-state index contributed by atoms with van der Waals surface area (Å²) in [7, 11) is 0. The van der Waals surface area contributed by atoms with Crippen LogP contribution in [0.2, 0.25) is 0 Å². The van der Waals surface area contributed by atoms with Gasteiger partial charge in [-0.05, 0) is 43.2 Å². The number of para-hydroxylation sites is 1. The van der Waals surface area contributed by atoms with E-state index in [1.807, 2.05) is 6.07 Å². The maximum atomic E-state index is 9.83. The Bertz CT molecular complexity index is 388. The van der Waals surface area contributed by atoms with E-state index >= 15 is 0 Å². The van der Waals surface area contributed by atoms with E-state index in [1.165, 1.54) is 24.8 Å². The van der Waals surface area contributed by atoms with Gasteiger partial charge in [-0.2, -0.15) is 0 Å². The number of anilines is 1. The fourth-order valence-electron chi connectivity index (χ4n) is 3.33. The lowest BCUT2D eigenvalue weighted by Gasteiger charge is -2.35. The normalized spacial score (nSPS) is 33.0. The first-order valence-electron chi connectivity index (χ1n) is 5.86. The molecule has 2 aliphatic rings. The number of hydrogen-bond acceptors (Lipinski definition) is 2. The minimum Gasteiger partial charge on any atom is -0.506 e. The van der Waals surface area contributed by atoms with Gasteiger partial charge in [0.15, 0.2) is 0 Å². The van der Waals surface area contributed by atoms with Gasteiger partial charge in [-0.15, -0.1) is 0 Å². The quantitative estimate of drug-likeness (QED) is 0.635. The van der Waals surface area contributed by atoms with Gasteiger partial charge < -0.3 is 10.4 Å². The predicted molar refractivity (Wildman–Crippen MR) is 61.3 cm³/mol. The van der Waals surface area contributed by atoms with Crippen LogP contribution in [0.25, 0.3) is 0 Å². The Kier molecular flexibility index (Phi) is 1.91. The van der Waals surface area contributed by atoms with Crippen molar-refractivity contribution in [2.24, 2.45) is 5.92 Å². The number of aromatic hydroxyl groups is 1. The molecule has 2 heteroatoms. The number of fused-ring (bicyclic) bond motifs is 3. The van der Waals surface area contributed by atoms with E-state index in [4.69, 9.17) is 0 Å². The third-order valence-corrected chi connectivity index (χ3v) is 4.06. The van der Waals surface area contributed by atoms with Crippen LogP contribution in [0.1, 0.15) is 37.7 Å². The zero-order chi connectivity index (χ0) is 10.4. The third-order valence-electron chi connectivity index (χ3n) is 4.06. The highest BCUT2D eigenvalue weighted by Crippen LogP contribution is 2.49. The third kappa shape index (κ3) is 1.24. The van der Waals surface area contributed by atoms with Crippen LogP contribution < -0.4 is 5.32 Å². The number of phenols is 1. The molecule has 1 heterocycles. The van der Waals surface area contributed by atoms with Gasteiger partial charge in [0.2, 0.25) is 0 Å². The molecule has 2 N–H and O–H groups in total. The Morgan fingerprint density at radius 1 is 1.33 bits per heavy atom. The Morgan fingerprint density at radius 2 is 2.20 bits per heavy atom. The monoisotopic (exact) mass is 203 g/mol. The molecule has 1 aliphatic heterocycles. The molecule has 0 radical (unpaired) electrons. The molecule has 0 bridgehead atoms. The van der Waals surface area contributed by atoms with Crippen LogP contribution in [-0.4, -0.2) is 11.1 Å². The van der Waals surface area contributed by atoms with Crippen LogP contribution in [0, 0.1) is 5.92 Å². The summed E-state index contributed by atoms with van der Waals surface area (Å²) in [6.45, 7) is 2.23. The topological polar surface area (TPSA) is 32.3 Å². The largest absolute Gasteiger partial charge is 0.506 e. The first kappa shape index (κ1) is 9.08. The maximum absolute atomic E-state index is 9.83. The lowest BCUT2D eigenvalue weighted by molar-refractivity contribution is 0.408. The van der Waals surface area contributed by atoms with E-state index in [0.29, 0.717) is 17.7 Å². The minimum absolute atomic E-state index is 0.407. The van der Waals surface area contributed by atoms with Crippen molar-refractivity contribution in [3.8, 4) is 5.75 Å². The first-order chi connectivity index (χ1) is 7.27. The molecule has 80 valence electrons. The lowest BCUT2D eigenvalue weighted by atomic mass is 9.80. The summed E-state index contributed by atoms with van der Waals surface area (Å²) < 4.78 is 0. The SMILES string of the molecule is C[C@H]1Nc2c(O)cccc2[C@H]2CCC[C@H]21. The van der Waals surface area contributed by atoms with E-state index in [-0.39, 0.29) is 0 Å². The molecule has 0 unspecified atom stereocenters. The number of nitrogens with one attached hydrogen (secondary N) is 1. The molecule has 0 saturated heterocycles. The predicted octanol–water partition coefficient (Wildman–Crippen LogP) is 3.09. The number of rotatable bonds is 0. The fraction of sp³-hybridized carbons (Fsp3) is 0.538. The molecule has 3 rings (SSSR count). The summed E-state index contributed by atoms with van der Waals surface area (Å²) in [5.74, 6) is 1.84. The highest BCUT2D eigenvalue weighted by atomic mass is 16.3. The number of phenolic OH excluding ortho intramolecular Hbond substituents is 1. The second-order valence-electron chi connectivity index (χ2n) is 4.88. The Hall–Kier alpha value is -1.18. The molecule has 1 fully saturated rings. The second-order valence-corrected chi connectivity index (χ2v) is 4.88. The van der Waals surface area contributed by atoms with Crippen LogP contribution in [0.4, 0.5) is 5.69 Å². The van der Waals surface area contributed by atoms with Gasteiger partial charge in [-0.1, -0.05) is 18.6 Å².